The fourth-order valence-corrected chi connectivity index (χ4v) is 4.38. The number of piperidine rings is 1. The van der Waals surface area contributed by atoms with Gasteiger partial charge in [0.1, 0.15) is 0 Å². The summed E-state index contributed by atoms with van der Waals surface area (Å²) >= 11 is 0. The van der Waals surface area contributed by atoms with Crippen molar-refractivity contribution in [2.75, 3.05) is 26.0 Å². The van der Waals surface area contributed by atoms with Crippen molar-refractivity contribution in [1.82, 2.24) is 14.4 Å². The third-order valence-electron chi connectivity index (χ3n) is 3.76. The summed E-state index contributed by atoms with van der Waals surface area (Å²) in [6, 6.07) is 0. The lowest BCUT2D eigenvalue weighted by atomic mass is 9.96. The molecule has 120 valence electrons. The molecule has 2 heterocycles. The molecule has 1 aliphatic rings. The van der Waals surface area contributed by atoms with Crippen LogP contribution in [-0.2, 0) is 21.2 Å². The predicted octanol–water partition coefficient (Wildman–Crippen LogP) is 0.997. The van der Waals surface area contributed by atoms with Crippen molar-refractivity contribution in [2.24, 2.45) is 5.92 Å². The van der Waals surface area contributed by atoms with E-state index in [0.29, 0.717) is 31.2 Å². The van der Waals surface area contributed by atoms with Gasteiger partial charge in [0.15, 0.2) is 5.82 Å². The van der Waals surface area contributed by atoms with E-state index in [0.717, 1.165) is 12.8 Å². The van der Waals surface area contributed by atoms with E-state index in [9.17, 15) is 8.42 Å². The predicted molar refractivity (Wildman–Crippen MR) is 77.3 cm³/mol. The van der Waals surface area contributed by atoms with E-state index in [1.54, 1.807) is 18.2 Å². The Hall–Kier alpha value is -0.990. The van der Waals surface area contributed by atoms with Crippen LogP contribution in [0.1, 0.15) is 31.5 Å². The molecule has 21 heavy (non-hydrogen) atoms. The smallest absolute Gasteiger partial charge is 0.223 e. The Balaban J connectivity index is 1.96. The summed E-state index contributed by atoms with van der Waals surface area (Å²) in [6.07, 6.45) is 2.21. The lowest BCUT2D eigenvalue weighted by molar-refractivity contribution is 0.134. The monoisotopic (exact) mass is 317 g/mol. The average molecular weight is 317 g/mol. The van der Waals surface area contributed by atoms with Crippen LogP contribution in [0, 0.1) is 12.8 Å². The minimum Gasteiger partial charge on any atom is -0.381 e. The molecule has 2 rings (SSSR count). The van der Waals surface area contributed by atoms with Crippen molar-refractivity contribution in [1.29, 1.82) is 0 Å². The molecule has 1 aliphatic heterocycles. The Labute approximate surface area is 125 Å². The van der Waals surface area contributed by atoms with Gasteiger partial charge in [-0.15, -0.1) is 0 Å². The molecular weight excluding hydrogens is 294 g/mol. The molecule has 0 unspecified atom stereocenters. The maximum absolute atomic E-state index is 12.4. The molecule has 0 aliphatic carbocycles. The molecule has 8 heteroatoms. The molecule has 1 saturated heterocycles. The van der Waals surface area contributed by atoms with Crippen LogP contribution in [0.3, 0.4) is 0 Å². The van der Waals surface area contributed by atoms with Gasteiger partial charge in [-0.3, -0.25) is 0 Å². The molecule has 1 aromatic rings. The number of rotatable bonds is 6. The Morgan fingerprint density at radius 1 is 1.52 bits per heavy atom. The van der Waals surface area contributed by atoms with Crippen LogP contribution in [0.25, 0.3) is 0 Å². The molecule has 1 aromatic heterocycles. The van der Waals surface area contributed by atoms with Crippen LogP contribution in [0.15, 0.2) is 4.52 Å². The molecule has 0 radical (unpaired) electrons. The zero-order chi connectivity index (χ0) is 15.5. The summed E-state index contributed by atoms with van der Waals surface area (Å²) in [7, 11) is -1.75. The van der Waals surface area contributed by atoms with Crippen molar-refractivity contribution in [3.05, 3.63) is 11.7 Å². The van der Waals surface area contributed by atoms with Gasteiger partial charge in [0.05, 0.1) is 11.9 Å². The topological polar surface area (TPSA) is 85.5 Å². The van der Waals surface area contributed by atoms with E-state index in [-0.39, 0.29) is 17.8 Å². The molecule has 7 nitrogen and oxygen atoms in total. The first kappa shape index (κ1) is 16.4. The molecular formula is C13H23N3O4S. The standard InChI is InChI=1S/C13H23N3O4S/c1-10(19-3)9-21(17,18)16-6-4-5-12(8-16)7-13-14-11(2)20-15-13/h10,12H,4-9H2,1-3H3/t10-,12+/m1/s1. The molecule has 0 N–H and O–H groups in total. The number of nitrogens with zero attached hydrogens (tertiary/aromatic N) is 3. The van der Waals surface area contributed by atoms with Gasteiger partial charge in [-0.25, -0.2) is 12.7 Å². The second-order valence-corrected chi connectivity index (χ2v) is 7.64. The highest BCUT2D eigenvalue weighted by molar-refractivity contribution is 7.89. The summed E-state index contributed by atoms with van der Waals surface area (Å²) in [5, 5.41) is 3.88. The Kier molecular flexibility index (Phi) is 5.34. The van der Waals surface area contributed by atoms with E-state index in [1.807, 2.05) is 0 Å². The fourth-order valence-electron chi connectivity index (χ4n) is 2.60. The van der Waals surface area contributed by atoms with Gasteiger partial charge in [-0.2, -0.15) is 4.98 Å². The highest BCUT2D eigenvalue weighted by Gasteiger charge is 2.30. The third-order valence-corrected chi connectivity index (χ3v) is 5.77. The summed E-state index contributed by atoms with van der Waals surface area (Å²) in [5.41, 5.74) is 0. The van der Waals surface area contributed by atoms with Crippen molar-refractivity contribution < 1.29 is 17.7 Å². The molecule has 0 bridgehead atoms. The zero-order valence-corrected chi connectivity index (χ0v) is 13.6. The number of hydrogen-bond acceptors (Lipinski definition) is 6. The lowest BCUT2D eigenvalue weighted by Gasteiger charge is -2.32. The van der Waals surface area contributed by atoms with Gasteiger partial charge in [-0.1, -0.05) is 5.16 Å². The second-order valence-electron chi connectivity index (χ2n) is 5.62. The summed E-state index contributed by atoms with van der Waals surface area (Å²) < 4.78 is 36.3. The van der Waals surface area contributed by atoms with Gasteiger partial charge in [0.25, 0.3) is 0 Å². The summed E-state index contributed by atoms with van der Waals surface area (Å²) in [6.45, 7) is 4.62. The van der Waals surface area contributed by atoms with Crippen molar-refractivity contribution in [3.63, 3.8) is 0 Å². The van der Waals surface area contributed by atoms with Crippen LogP contribution < -0.4 is 0 Å². The average Bonchev–Trinajstić information content (AvgIpc) is 2.84. The maximum Gasteiger partial charge on any atom is 0.223 e. The first-order valence-electron chi connectivity index (χ1n) is 7.20. The van der Waals surface area contributed by atoms with Gasteiger partial charge in [0, 0.05) is 33.5 Å². The largest absolute Gasteiger partial charge is 0.381 e. The van der Waals surface area contributed by atoms with E-state index in [1.165, 1.54) is 7.11 Å². The van der Waals surface area contributed by atoms with Crippen molar-refractivity contribution in [3.8, 4) is 0 Å². The molecule has 0 amide bonds. The minimum absolute atomic E-state index is 0.0253. The fraction of sp³-hybridized carbons (Fsp3) is 0.846. The van der Waals surface area contributed by atoms with E-state index < -0.39 is 10.0 Å². The number of aryl methyl sites for hydroxylation is 1. The van der Waals surface area contributed by atoms with Crippen LogP contribution in [0.5, 0.6) is 0 Å². The van der Waals surface area contributed by atoms with Gasteiger partial charge in [-0.05, 0) is 25.7 Å². The number of sulfonamides is 1. The van der Waals surface area contributed by atoms with Crippen molar-refractivity contribution in [2.45, 2.75) is 39.2 Å². The molecule has 0 saturated carbocycles. The number of hydrogen-bond donors (Lipinski definition) is 0. The highest BCUT2D eigenvalue weighted by atomic mass is 32.2. The van der Waals surface area contributed by atoms with Crippen LogP contribution in [0.2, 0.25) is 0 Å². The Morgan fingerprint density at radius 2 is 2.29 bits per heavy atom. The van der Waals surface area contributed by atoms with E-state index >= 15 is 0 Å². The summed E-state index contributed by atoms with van der Waals surface area (Å²) in [5.74, 6) is 1.46. The normalized spacial score (nSPS) is 22.3. The first-order chi connectivity index (χ1) is 9.90. The number of methoxy groups -OCH3 is 1. The lowest BCUT2D eigenvalue weighted by Crippen LogP contribution is -2.43. The quantitative estimate of drug-likeness (QED) is 0.778. The zero-order valence-electron chi connectivity index (χ0n) is 12.8. The Bertz CT molecular complexity index is 558. The summed E-state index contributed by atoms with van der Waals surface area (Å²) in [4.78, 5) is 4.19. The van der Waals surface area contributed by atoms with Crippen LogP contribution in [-0.4, -0.2) is 54.9 Å². The van der Waals surface area contributed by atoms with E-state index in [4.69, 9.17) is 9.26 Å². The van der Waals surface area contributed by atoms with Crippen LogP contribution in [0.4, 0.5) is 0 Å². The number of ether oxygens (including phenoxy) is 1. The Morgan fingerprint density at radius 3 is 2.90 bits per heavy atom. The van der Waals surface area contributed by atoms with Gasteiger partial charge < -0.3 is 9.26 Å². The molecule has 0 aromatic carbocycles. The highest BCUT2D eigenvalue weighted by Crippen LogP contribution is 2.22. The molecule has 1 fully saturated rings. The maximum atomic E-state index is 12.4. The SMILES string of the molecule is CO[C@H](C)CS(=O)(=O)N1CCC[C@@H](Cc2noc(C)n2)C1. The van der Waals surface area contributed by atoms with Crippen molar-refractivity contribution >= 4 is 10.0 Å². The third kappa shape index (κ3) is 4.49. The molecule has 0 spiro atoms. The van der Waals surface area contributed by atoms with Gasteiger partial charge >= 0.3 is 0 Å². The molecule has 2 atom stereocenters. The van der Waals surface area contributed by atoms with Gasteiger partial charge in [0.2, 0.25) is 15.9 Å². The number of aromatic nitrogens is 2. The van der Waals surface area contributed by atoms with E-state index in [2.05, 4.69) is 10.1 Å². The second kappa shape index (κ2) is 6.85. The minimum atomic E-state index is -3.27. The first-order valence-corrected chi connectivity index (χ1v) is 8.81. The van der Waals surface area contributed by atoms with Crippen LogP contribution >= 0.6 is 0 Å².